The first kappa shape index (κ1) is 17.1. The maximum Gasteiger partial charge on any atom is 0.227 e. The third-order valence-corrected chi connectivity index (χ3v) is 5.31. The van der Waals surface area contributed by atoms with E-state index in [4.69, 9.17) is 9.15 Å². The normalized spacial score (nSPS) is 18.3. The lowest BCUT2D eigenvalue weighted by atomic mass is 10.0. The molecule has 0 aliphatic carbocycles. The number of rotatable bonds is 5. The molecule has 0 saturated carbocycles. The molecule has 2 aromatic carbocycles. The summed E-state index contributed by atoms with van der Waals surface area (Å²) >= 11 is 0. The topological polar surface area (TPSA) is 38.5 Å². The van der Waals surface area contributed by atoms with E-state index in [0.717, 1.165) is 42.0 Å². The lowest BCUT2D eigenvalue weighted by Gasteiger charge is -2.32. The second kappa shape index (κ2) is 7.50. The molecule has 1 aliphatic heterocycles. The summed E-state index contributed by atoms with van der Waals surface area (Å²) in [6.45, 7) is 4.04. The van der Waals surface area contributed by atoms with E-state index < -0.39 is 0 Å². The standard InChI is InChI=1S/C22H26N2O2/c1-3-16-10-11-21-20(13-16)23-22(26-21)17-7-6-9-19(14-17)25-15-18-8-4-5-12-24(18)2/h6-7,9-11,13-14,18H,3-5,8,12,15H2,1-2H3. The van der Waals surface area contributed by atoms with Gasteiger partial charge >= 0.3 is 0 Å². The third-order valence-electron chi connectivity index (χ3n) is 5.31. The van der Waals surface area contributed by atoms with Gasteiger partial charge in [0.05, 0.1) is 0 Å². The van der Waals surface area contributed by atoms with Gasteiger partial charge in [0.25, 0.3) is 0 Å². The van der Waals surface area contributed by atoms with Crippen molar-refractivity contribution in [1.29, 1.82) is 0 Å². The van der Waals surface area contributed by atoms with Crippen LogP contribution < -0.4 is 4.74 Å². The fraction of sp³-hybridized carbons (Fsp3) is 0.409. The van der Waals surface area contributed by atoms with Crippen molar-refractivity contribution >= 4 is 11.1 Å². The molecule has 0 N–H and O–H groups in total. The van der Waals surface area contributed by atoms with Crippen LogP contribution in [0.5, 0.6) is 5.75 Å². The Bertz CT molecular complexity index is 887. The van der Waals surface area contributed by atoms with E-state index in [-0.39, 0.29) is 0 Å². The van der Waals surface area contributed by atoms with Crippen molar-refractivity contribution < 1.29 is 9.15 Å². The van der Waals surface area contributed by atoms with E-state index >= 15 is 0 Å². The lowest BCUT2D eigenvalue weighted by molar-refractivity contribution is 0.125. The average molecular weight is 350 g/mol. The van der Waals surface area contributed by atoms with Crippen LogP contribution in [0, 0.1) is 0 Å². The summed E-state index contributed by atoms with van der Waals surface area (Å²) in [4.78, 5) is 7.07. The molecule has 1 aliphatic rings. The van der Waals surface area contributed by atoms with E-state index in [0.29, 0.717) is 11.9 Å². The Hall–Kier alpha value is -2.33. The van der Waals surface area contributed by atoms with Gasteiger partial charge in [-0.05, 0) is 68.8 Å². The number of ether oxygens (including phenoxy) is 1. The van der Waals surface area contributed by atoms with Crippen molar-refractivity contribution in [3.63, 3.8) is 0 Å². The Morgan fingerprint density at radius 2 is 2.12 bits per heavy atom. The van der Waals surface area contributed by atoms with Crippen molar-refractivity contribution in [2.24, 2.45) is 0 Å². The Balaban J connectivity index is 1.51. The highest BCUT2D eigenvalue weighted by atomic mass is 16.5. The Morgan fingerprint density at radius 1 is 1.19 bits per heavy atom. The summed E-state index contributed by atoms with van der Waals surface area (Å²) < 4.78 is 12.0. The molecule has 0 radical (unpaired) electrons. The van der Waals surface area contributed by atoms with Crippen LogP contribution in [0.4, 0.5) is 0 Å². The van der Waals surface area contributed by atoms with Crippen molar-refractivity contribution in [1.82, 2.24) is 9.88 Å². The SMILES string of the molecule is CCc1ccc2oc(-c3cccc(OCC4CCCCN4C)c3)nc2c1. The largest absolute Gasteiger partial charge is 0.492 e. The molecular formula is C22H26N2O2. The number of likely N-dealkylation sites (tertiary alicyclic amines) is 1. The summed E-state index contributed by atoms with van der Waals surface area (Å²) in [7, 11) is 2.19. The van der Waals surface area contributed by atoms with Crippen LogP contribution in [0.15, 0.2) is 46.9 Å². The fourth-order valence-electron chi connectivity index (χ4n) is 3.58. The number of piperidine rings is 1. The predicted molar refractivity (Wildman–Crippen MR) is 105 cm³/mol. The molecule has 4 rings (SSSR count). The number of hydrogen-bond acceptors (Lipinski definition) is 4. The maximum absolute atomic E-state index is 6.08. The number of aromatic nitrogens is 1. The van der Waals surface area contributed by atoms with Crippen LogP contribution in [0.25, 0.3) is 22.6 Å². The smallest absolute Gasteiger partial charge is 0.227 e. The van der Waals surface area contributed by atoms with Crippen LogP contribution in [-0.2, 0) is 6.42 Å². The third kappa shape index (κ3) is 3.61. The average Bonchev–Trinajstić information content (AvgIpc) is 3.11. The maximum atomic E-state index is 6.08. The molecule has 26 heavy (non-hydrogen) atoms. The van der Waals surface area contributed by atoms with Crippen molar-refractivity contribution in [2.75, 3.05) is 20.2 Å². The van der Waals surface area contributed by atoms with Gasteiger partial charge in [-0.1, -0.05) is 25.5 Å². The monoisotopic (exact) mass is 350 g/mol. The number of aryl methyl sites for hydroxylation is 1. The summed E-state index contributed by atoms with van der Waals surface area (Å²) in [6, 6.07) is 14.7. The zero-order valence-corrected chi connectivity index (χ0v) is 15.6. The van der Waals surface area contributed by atoms with Gasteiger partial charge < -0.3 is 14.1 Å². The highest BCUT2D eigenvalue weighted by molar-refractivity contribution is 5.77. The second-order valence-electron chi connectivity index (χ2n) is 7.14. The minimum atomic E-state index is 0.504. The van der Waals surface area contributed by atoms with Gasteiger partial charge in [-0.3, -0.25) is 0 Å². The minimum absolute atomic E-state index is 0.504. The zero-order chi connectivity index (χ0) is 17.9. The van der Waals surface area contributed by atoms with Gasteiger partial charge in [0.1, 0.15) is 17.9 Å². The first-order valence-corrected chi connectivity index (χ1v) is 9.56. The van der Waals surface area contributed by atoms with Crippen LogP contribution >= 0.6 is 0 Å². The van der Waals surface area contributed by atoms with E-state index in [1.165, 1.54) is 24.8 Å². The van der Waals surface area contributed by atoms with Gasteiger partial charge in [-0.2, -0.15) is 0 Å². The molecular weight excluding hydrogens is 324 g/mol. The molecule has 136 valence electrons. The van der Waals surface area contributed by atoms with Gasteiger partial charge in [0, 0.05) is 11.6 Å². The van der Waals surface area contributed by atoms with E-state index in [1.807, 2.05) is 30.3 Å². The number of likely N-dealkylation sites (N-methyl/N-ethyl adjacent to an activating group) is 1. The molecule has 0 bridgehead atoms. The molecule has 1 unspecified atom stereocenters. The zero-order valence-electron chi connectivity index (χ0n) is 15.6. The van der Waals surface area contributed by atoms with E-state index in [2.05, 4.69) is 36.0 Å². The van der Waals surface area contributed by atoms with Crippen LogP contribution in [-0.4, -0.2) is 36.1 Å². The van der Waals surface area contributed by atoms with Crippen molar-refractivity contribution in [3.05, 3.63) is 48.0 Å². The highest BCUT2D eigenvalue weighted by Crippen LogP contribution is 2.28. The molecule has 1 fully saturated rings. The number of nitrogens with zero attached hydrogens (tertiary/aromatic N) is 2. The molecule has 0 amide bonds. The number of hydrogen-bond donors (Lipinski definition) is 0. The molecule has 0 spiro atoms. The molecule has 1 atom stereocenters. The fourth-order valence-corrected chi connectivity index (χ4v) is 3.58. The lowest BCUT2D eigenvalue weighted by Crippen LogP contribution is -2.40. The predicted octanol–water partition coefficient (Wildman–Crippen LogP) is 4.92. The first-order chi connectivity index (χ1) is 12.7. The summed E-state index contributed by atoms with van der Waals surface area (Å²) in [5.41, 5.74) is 3.96. The first-order valence-electron chi connectivity index (χ1n) is 9.56. The van der Waals surface area contributed by atoms with Gasteiger partial charge in [0.2, 0.25) is 5.89 Å². The van der Waals surface area contributed by atoms with E-state index in [1.54, 1.807) is 0 Å². The van der Waals surface area contributed by atoms with Gasteiger partial charge in [0.15, 0.2) is 5.58 Å². The molecule has 3 aromatic rings. The van der Waals surface area contributed by atoms with Crippen LogP contribution in [0.2, 0.25) is 0 Å². The number of benzene rings is 2. The molecule has 1 aromatic heterocycles. The second-order valence-corrected chi connectivity index (χ2v) is 7.14. The Kier molecular flexibility index (Phi) is 4.93. The van der Waals surface area contributed by atoms with E-state index in [9.17, 15) is 0 Å². The molecule has 1 saturated heterocycles. The molecule has 2 heterocycles. The number of fused-ring (bicyclic) bond motifs is 1. The number of oxazole rings is 1. The Labute approximate surface area is 154 Å². The highest BCUT2D eigenvalue weighted by Gasteiger charge is 2.19. The minimum Gasteiger partial charge on any atom is -0.492 e. The van der Waals surface area contributed by atoms with Gasteiger partial charge in [-0.25, -0.2) is 4.98 Å². The van der Waals surface area contributed by atoms with Crippen LogP contribution in [0.3, 0.4) is 0 Å². The van der Waals surface area contributed by atoms with Crippen LogP contribution in [0.1, 0.15) is 31.7 Å². The van der Waals surface area contributed by atoms with Crippen molar-refractivity contribution in [3.8, 4) is 17.2 Å². The van der Waals surface area contributed by atoms with Crippen molar-refractivity contribution in [2.45, 2.75) is 38.6 Å². The summed E-state index contributed by atoms with van der Waals surface area (Å²) in [5, 5.41) is 0. The quantitative estimate of drug-likeness (QED) is 0.655. The Morgan fingerprint density at radius 3 is 2.96 bits per heavy atom. The molecule has 4 nitrogen and oxygen atoms in total. The summed E-state index contributed by atoms with van der Waals surface area (Å²) in [6.07, 6.45) is 4.79. The van der Waals surface area contributed by atoms with Gasteiger partial charge in [-0.15, -0.1) is 0 Å². The summed E-state index contributed by atoms with van der Waals surface area (Å²) in [5.74, 6) is 1.52. The molecule has 4 heteroatoms.